The van der Waals surface area contributed by atoms with Gasteiger partial charge in [-0.3, -0.25) is 0 Å². The maximum atomic E-state index is 4.95. The molecule has 0 saturated carbocycles. The number of benzene rings is 1. The van der Waals surface area contributed by atoms with Gasteiger partial charge in [0, 0.05) is 30.8 Å². The maximum Gasteiger partial charge on any atom is 0.110 e. The van der Waals surface area contributed by atoms with Crippen molar-refractivity contribution in [1.82, 2.24) is 14.9 Å². The van der Waals surface area contributed by atoms with Crippen molar-refractivity contribution in [3.63, 3.8) is 0 Å². The molecule has 0 atom stereocenters. The maximum absolute atomic E-state index is 4.95. The molecule has 106 valence electrons. The number of fused-ring (bicyclic) bond motifs is 1. The SMILES string of the molecule is CNCCc1nc(-c2ccc(C)cc2C)c2n1CCC2. The third kappa shape index (κ3) is 2.27. The van der Waals surface area contributed by atoms with Crippen molar-refractivity contribution < 1.29 is 0 Å². The van der Waals surface area contributed by atoms with Gasteiger partial charge in [0.15, 0.2) is 0 Å². The lowest BCUT2D eigenvalue weighted by atomic mass is 10.0. The summed E-state index contributed by atoms with van der Waals surface area (Å²) in [6.07, 6.45) is 3.42. The van der Waals surface area contributed by atoms with Gasteiger partial charge in [-0.1, -0.05) is 23.8 Å². The highest BCUT2D eigenvalue weighted by molar-refractivity contribution is 5.67. The summed E-state index contributed by atoms with van der Waals surface area (Å²) in [7, 11) is 2.00. The van der Waals surface area contributed by atoms with E-state index < -0.39 is 0 Å². The van der Waals surface area contributed by atoms with Gasteiger partial charge in [-0.05, 0) is 39.3 Å². The fraction of sp³-hybridized carbons (Fsp3) is 0.471. The molecule has 1 aliphatic rings. The Morgan fingerprint density at radius 3 is 2.90 bits per heavy atom. The molecule has 1 aromatic carbocycles. The average molecular weight is 269 g/mol. The van der Waals surface area contributed by atoms with Gasteiger partial charge >= 0.3 is 0 Å². The first-order chi connectivity index (χ1) is 9.70. The largest absolute Gasteiger partial charge is 0.331 e. The second-order valence-electron chi connectivity index (χ2n) is 5.75. The van der Waals surface area contributed by atoms with E-state index in [4.69, 9.17) is 4.98 Å². The zero-order valence-electron chi connectivity index (χ0n) is 12.7. The lowest BCUT2D eigenvalue weighted by molar-refractivity contribution is 0.663. The van der Waals surface area contributed by atoms with Crippen LogP contribution in [0.3, 0.4) is 0 Å². The number of likely N-dealkylation sites (N-methyl/N-ethyl adjacent to an activating group) is 1. The summed E-state index contributed by atoms with van der Waals surface area (Å²) in [4.78, 5) is 4.95. The van der Waals surface area contributed by atoms with Gasteiger partial charge < -0.3 is 9.88 Å². The zero-order valence-corrected chi connectivity index (χ0v) is 12.7. The summed E-state index contributed by atoms with van der Waals surface area (Å²) in [6, 6.07) is 6.67. The van der Waals surface area contributed by atoms with E-state index in [1.165, 1.54) is 40.3 Å². The number of imidazole rings is 1. The van der Waals surface area contributed by atoms with Crippen LogP contribution in [0.25, 0.3) is 11.3 Å². The monoisotopic (exact) mass is 269 g/mol. The minimum atomic E-state index is 0.989. The third-order valence-electron chi connectivity index (χ3n) is 4.18. The Morgan fingerprint density at radius 2 is 2.15 bits per heavy atom. The number of nitrogens with one attached hydrogen (secondary N) is 1. The Labute approximate surface area is 121 Å². The molecule has 2 heterocycles. The van der Waals surface area contributed by atoms with E-state index in [-0.39, 0.29) is 0 Å². The summed E-state index contributed by atoms with van der Waals surface area (Å²) < 4.78 is 2.44. The predicted octanol–water partition coefficient (Wildman–Crippen LogP) is 2.88. The average Bonchev–Trinajstić information content (AvgIpc) is 2.99. The van der Waals surface area contributed by atoms with Crippen LogP contribution in [0.2, 0.25) is 0 Å². The van der Waals surface area contributed by atoms with Gasteiger partial charge in [-0.25, -0.2) is 4.98 Å². The first kappa shape index (κ1) is 13.4. The van der Waals surface area contributed by atoms with Crippen molar-refractivity contribution in [2.24, 2.45) is 0 Å². The lowest BCUT2D eigenvalue weighted by Gasteiger charge is -2.05. The predicted molar refractivity (Wildman–Crippen MR) is 83.1 cm³/mol. The second-order valence-corrected chi connectivity index (χ2v) is 5.75. The minimum Gasteiger partial charge on any atom is -0.331 e. The van der Waals surface area contributed by atoms with Crippen LogP contribution in [-0.2, 0) is 19.4 Å². The molecule has 20 heavy (non-hydrogen) atoms. The van der Waals surface area contributed by atoms with Crippen LogP contribution in [-0.4, -0.2) is 23.1 Å². The van der Waals surface area contributed by atoms with Gasteiger partial charge in [0.05, 0.1) is 5.69 Å². The van der Waals surface area contributed by atoms with E-state index in [0.717, 1.165) is 25.9 Å². The Balaban J connectivity index is 2.05. The van der Waals surface area contributed by atoms with E-state index in [1.807, 2.05) is 7.05 Å². The number of hydrogen-bond donors (Lipinski definition) is 1. The molecule has 3 rings (SSSR count). The van der Waals surface area contributed by atoms with Gasteiger partial charge in [0.2, 0.25) is 0 Å². The van der Waals surface area contributed by atoms with Gasteiger partial charge in [-0.15, -0.1) is 0 Å². The summed E-state index contributed by atoms with van der Waals surface area (Å²) in [5.74, 6) is 1.24. The molecule has 0 saturated heterocycles. The lowest BCUT2D eigenvalue weighted by Crippen LogP contribution is -2.13. The Bertz CT molecular complexity index is 625. The standard InChI is InChI=1S/C17H23N3/c1-12-6-7-14(13(2)11-12)17-15-5-4-10-20(15)16(19-17)8-9-18-3/h6-7,11,18H,4-5,8-10H2,1-3H3. The Kier molecular flexibility index (Phi) is 3.62. The van der Waals surface area contributed by atoms with Crippen LogP contribution >= 0.6 is 0 Å². The Morgan fingerprint density at radius 1 is 1.30 bits per heavy atom. The van der Waals surface area contributed by atoms with Crippen molar-refractivity contribution in [1.29, 1.82) is 0 Å². The molecular weight excluding hydrogens is 246 g/mol. The van der Waals surface area contributed by atoms with Gasteiger partial charge in [-0.2, -0.15) is 0 Å². The summed E-state index contributed by atoms with van der Waals surface area (Å²) >= 11 is 0. The van der Waals surface area contributed by atoms with Crippen molar-refractivity contribution in [3.05, 3.63) is 40.8 Å². The molecule has 0 fully saturated rings. The fourth-order valence-corrected chi connectivity index (χ4v) is 3.18. The number of aromatic nitrogens is 2. The molecule has 1 aliphatic heterocycles. The van der Waals surface area contributed by atoms with Crippen molar-refractivity contribution in [2.75, 3.05) is 13.6 Å². The van der Waals surface area contributed by atoms with Crippen molar-refractivity contribution in [3.8, 4) is 11.3 Å². The molecule has 0 spiro atoms. The van der Waals surface area contributed by atoms with E-state index in [1.54, 1.807) is 0 Å². The highest BCUT2D eigenvalue weighted by Crippen LogP contribution is 2.31. The highest BCUT2D eigenvalue weighted by atomic mass is 15.1. The van der Waals surface area contributed by atoms with Crippen molar-refractivity contribution in [2.45, 2.75) is 39.7 Å². The highest BCUT2D eigenvalue weighted by Gasteiger charge is 2.22. The number of hydrogen-bond acceptors (Lipinski definition) is 2. The third-order valence-corrected chi connectivity index (χ3v) is 4.18. The number of rotatable bonds is 4. The van der Waals surface area contributed by atoms with Crippen molar-refractivity contribution >= 4 is 0 Å². The number of nitrogens with zero attached hydrogens (tertiary/aromatic N) is 2. The van der Waals surface area contributed by atoms with Crippen LogP contribution in [0.15, 0.2) is 18.2 Å². The second kappa shape index (κ2) is 5.41. The molecule has 2 aromatic rings. The fourth-order valence-electron chi connectivity index (χ4n) is 3.18. The topological polar surface area (TPSA) is 29.9 Å². The van der Waals surface area contributed by atoms with Crippen LogP contribution in [0.4, 0.5) is 0 Å². The summed E-state index contributed by atoms with van der Waals surface area (Å²) in [5, 5.41) is 3.22. The zero-order chi connectivity index (χ0) is 14.1. The van der Waals surface area contributed by atoms with E-state index in [0.29, 0.717) is 0 Å². The summed E-state index contributed by atoms with van der Waals surface area (Å²) in [5.41, 5.74) is 6.60. The molecule has 0 bridgehead atoms. The summed E-state index contributed by atoms with van der Waals surface area (Å²) in [6.45, 7) is 6.46. The van der Waals surface area contributed by atoms with E-state index in [2.05, 4.69) is 41.9 Å². The number of aryl methyl sites for hydroxylation is 2. The molecule has 1 aromatic heterocycles. The molecule has 0 unspecified atom stereocenters. The molecular formula is C17H23N3. The van der Waals surface area contributed by atoms with Gasteiger partial charge in [0.25, 0.3) is 0 Å². The smallest absolute Gasteiger partial charge is 0.110 e. The molecule has 0 amide bonds. The van der Waals surface area contributed by atoms with Gasteiger partial charge in [0.1, 0.15) is 5.82 Å². The van der Waals surface area contributed by atoms with Crippen LogP contribution in [0.1, 0.15) is 29.1 Å². The molecule has 0 radical (unpaired) electrons. The quantitative estimate of drug-likeness (QED) is 0.925. The van der Waals surface area contributed by atoms with E-state index in [9.17, 15) is 0 Å². The first-order valence-corrected chi connectivity index (χ1v) is 7.51. The van der Waals surface area contributed by atoms with Crippen LogP contribution in [0, 0.1) is 13.8 Å². The molecule has 3 nitrogen and oxygen atoms in total. The van der Waals surface area contributed by atoms with Crippen LogP contribution < -0.4 is 5.32 Å². The first-order valence-electron chi connectivity index (χ1n) is 7.51. The minimum absolute atomic E-state index is 0.989. The van der Waals surface area contributed by atoms with Crippen LogP contribution in [0.5, 0.6) is 0 Å². The van der Waals surface area contributed by atoms with E-state index >= 15 is 0 Å². The molecule has 1 N–H and O–H groups in total. The normalized spacial score (nSPS) is 13.8. The molecule has 3 heteroatoms. The molecule has 0 aliphatic carbocycles. The Hall–Kier alpha value is -1.61.